The molecular weight excluding hydrogens is 316 g/mol. The third-order valence-electron chi connectivity index (χ3n) is 4.82. The first-order chi connectivity index (χ1) is 12.2. The number of carbonyl (C=O) groups is 1. The van der Waals surface area contributed by atoms with Crippen LogP contribution in [0.5, 0.6) is 5.75 Å². The molecule has 5 nitrogen and oxygen atoms in total. The summed E-state index contributed by atoms with van der Waals surface area (Å²) in [6, 6.07) is 10.9. The van der Waals surface area contributed by atoms with Gasteiger partial charge in [0.2, 0.25) is 0 Å². The van der Waals surface area contributed by atoms with E-state index in [1.54, 1.807) is 31.5 Å². The van der Waals surface area contributed by atoms with Crippen LogP contribution in [0.3, 0.4) is 0 Å². The zero-order valence-electron chi connectivity index (χ0n) is 14.4. The number of nitrogens with one attached hydrogen (secondary N) is 1. The maximum atomic E-state index is 12.5. The Balaban J connectivity index is 1.72. The maximum absolute atomic E-state index is 12.5. The second kappa shape index (κ2) is 8.12. The molecule has 1 amide bonds. The fraction of sp³-hybridized carbons (Fsp3) is 0.400. The van der Waals surface area contributed by atoms with E-state index < -0.39 is 6.10 Å². The van der Waals surface area contributed by atoms with Crippen LogP contribution in [0.25, 0.3) is 11.3 Å². The Kier molecular flexibility index (Phi) is 5.66. The molecule has 2 aromatic rings. The average Bonchev–Trinajstić information content (AvgIpc) is 3.21. The molecule has 1 fully saturated rings. The van der Waals surface area contributed by atoms with Crippen molar-refractivity contribution in [1.82, 2.24) is 10.3 Å². The van der Waals surface area contributed by atoms with Crippen LogP contribution in [0.1, 0.15) is 36.0 Å². The van der Waals surface area contributed by atoms with Gasteiger partial charge in [-0.25, -0.2) is 0 Å². The summed E-state index contributed by atoms with van der Waals surface area (Å²) in [5.74, 6) is 0.776. The van der Waals surface area contributed by atoms with Gasteiger partial charge in [0.05, 0.1) is 18.9 Å². The fourth-order valence-corrected chi connectivity index (χ4v) is 3.38. The van der Waals surface area contributed by atoms with Crippen LogP contribution in [-0.4, -0.2) is 35.8 Å². The zero-order chi connectivity index (χ0) is 17.6. The van der Waals surface area contributed by atoms with Gasteiger partial charge in [-0.2, -0.15) is 0 Å². The molecule has 1 unspecified atom stereocenters. The van der Waals surface area contributed by atoms with Crippen LogP contribution in [0.15, 0.2) is 42.6 Å². The number of amides is 1. The lowest BCUT2D eigenvalue weighted by Crippen LogP contribution is -2.35. The van der Waals surface area contributed by atoms with E-state index in [1.807, 2.05) is 18.2 Å². The molecule has 1 saturated carbocycles. The second-order valence-electron chi connectivity index (χ2n) is 6.45. The first-order valence-electron chi connectivity index (χ1n) is 8.74. The highest BCUT2D eigenvalue weighted by molar-refractivity contribution is 5.96. The number of hydrogen-bond acceptors (Lipinski definition) is 4. The van der Waals surface area contributed by atoms with E-state index in [-0.39, 0.29) is 12.5 Å². The highest BCUT2D eigenvalue weighted by Crippen LogP contribution is 2.30. The number of benzene rings is 1. The normalized spacial score (nSPS) is 15.8. The minimum absolute atomic E-state index is 0.197. The van der Waals surface area contributed by atoms with Crippen molar-refractivity contribution in [3.8, 4) is 17.0 Å². The van der Waals surface area contributed by atoms with Gasteiger partial charge in [0, 0.05) is 23.9 Å². The van der Waals surface area contributed by atoms with Gasteiger partial charge < -0.3 is 15.2 Å². The molecule has 5 heteroatoms. The van der Waals surface area contributed by atoms with Crippen LogP contribution < -0.4 is 10.1 Å². The lowest BCUT2D eigenvalue weighted by Gasteiger charge is -2.18. The predicted octanol–water partition coefficient (Wildman–Crippen LogP) is 3.04. The summed E-state index contributed by atoms with van der Waals surface area (Å²) >= 11 is 0. The minimum atomic E-state index is -0.472. The Labute approximate surface area is 148 Å². The van der Waals surface area contributed by atoms with Gasteiger partial charge in [0.15, 0.2) is 0 Å². The van der Waals surface area contributed by atoms with Crippen molar-refractivity contribution in [3.63, 3.8) is 0 Å². The van der Waals surface area contributed by atoms with Crippen molar-refractivity contribution in [3.05, 3.63) is 48.2 Å². The summed E-state index contributed by atoms with van der Waals surface area (Å²) in [4.78, 5) is 16.8. The highest BCUT2D eigenvalue weighted by atomic mass is 16.5. The van der Waals surface area contributed by atoms with Gasteiger partial charge in [0.1, 0.15) is 5.75 Å². The molecule has 0 radical (unpaired) electrons. The maximum Gasteiger partial charge on any atom is 0.251 e. The lowest BCUT2D eigenvalue weighted by atomic mass is 10.0. The third-order valence-corrected chi connectivity index (χ3v) is 4.82. The summed E-state index contributed by atoms with van der Waals surface area (Å²) in [6.07, 6.45) is 5.66. The first-order valence-corrected chi connectivity index (χ1v) is 8.74. The molecule has 25 heavy (non-hydrogen) atoms. The number of carbonyl (C=O) groups excluding carboxylic acids is 1. The molecule has 1 aromatic carbocycles. The summed E-state index contributed by atoms with van der Waals surface area (Å²) in [5, 5.41) is 13.1. The van der Waals surface area contributed by atoms with Crippen molar-refractivity contribution < 1.29 is 14.6 Å². The van der Waals surface area contributed by atoms with Gasteiger partial charge in [0.25, 0.3) is 5.91 Å². The Morgan fingerprint density at radius 1 is 1.32 bits per heavy atom. The van der Waals surface area contributed by atoms with Gasteiger partial charge in [-0.3, -0.25) is 9.78 Å². The Bertz CT molecular complexity index is 712. The number of aliphatic hydroxyl groups is 1. The smallest absolute Gasteiger partial charge is 0.251 e. The molecule has 132 valence electrons. The van der Waals surface area contributed by atoms with Crippen LogP contribution in [-0.2, 0) is 0 Å². The van der Waals surface area contributed by atoms with E-state index in [1.165, 1.54) is 12.8 Å². The largest absolute Gasteiger partial charge is 0.496 e. The van der Waals surface area contributed by atoms with E-state index in [0.29, 0.717) is 17.2 Å². The fourth-order valence-electron chi connectivity index (χ4n) is 3.38. The molecule has 0 aliphatic heterocycles. The molecule has 0 spiro atoms. The van der Waals surface area contributed by atoms with Crippen molar-refractivity contribution in [2.45, 2.75) is 31.8 Å². The van der Waals surface area contributed by atoms with Gasteiger partial charge in [-0.1, -0.05) is 18.9 Å². The first kappa shape index (κ1) is 17.4. The summed E-state index contributed by atoms with van der Waals surface area (Å²) < 4.78 is 5.39. The molecule has 3 rings (SSSR count). The standard InChI is InChI=1S/C20H24N2O3/c1-25-19-10-9-15(12-16(19)17-8-4-5-11-21-17)20(24)22-13-18(23)14-6-2-3-7-14/h4-5,8-12,14,18,23H,2-3,6-7,13H2,1H3,(H,22,24). The molecule has 1 aliphatic rings. The van der Waals surface area contributed by atoms with Crippen molar-refractivity contribution in [2.24, 2.45) is 5.92 Å². The lowest BCUT2D eigenvalue weighted by molar-refractivity contribution is 0.0840. The summed E-state index contributed by atoms with van der Waals surface area (Å²) in [6.45, 7) is 0.286. The molecule has 1 aromatic heterocycles. The Hall–Kier alpha value is -2.40. The van der Waals surface area contributed by atoms with Gasteiger partial charge in [-0.05, 0) is 49.1 Å². The number of nitrogens with zero attached hydrogens (tertiary/aromatic N) is 1. The van der Waals surface area contributed by atoms with Gasteiger partial charge in [-0.15, -0.1) is 0 Å². The predicted molar refractivity (Wildman–Crippen MR) is 96.5 cm³/mol. The highest BCUT2D eigenvalue weighted by Gasteiger charge is 2.23. The van der Waals surface area contributed by atoms with Crippen molar-refractivity contribution >= 4 is 5.91 Å². The average molecular weight is 340 g/mol. The van der Waals surface area contributed by atoms with Crippen LogP contribution >= 0.6 is 0 Å². The third kappa shape index (κ3) is 4.17. The molecule has 1 heterocycles. The number of aliphatic hydroxyl groups excluding tert-OH is 1. The van der Waals surface area contributed by atoms with Crippen molar-refractivity contribution in [1.29, 1.82) is 0 Å². The van der Waals surface area contributed by atoms with Crippen LogP contribution in [0.2, 0.25) is 0 Å². The zero-order valence-corrected chi connectivity index (χ0v) is 14.4. The number of aromatic nitrogens is 1. The van der Waals surface area contributed by atoms with Crippen molar-refractivity contribution in [2.75, 3.05) is 13.7 Å². The molecule has 2 N–H and O–H groups in total. The van der Waals surface area contributed by atoms with E-state index >= 15 is 0 Å². The number of pyridine rings is 1. The van der Waals surface area contributed by atoms with E-state index in [2.05, 4.69) is 10.3 Å². The summed E-state index contributed by atoms with van der Waals surface area (Å²) in [5.41, 5.74) is 2.05. The number of methoxy groups -OCH3 is 1. The number of rotatable bonds is 6. The van der Waals surface area contributed by atoms with Gasteiger partial charge >= 0.3 is 0 Å². The van der Waals surface area contributed by atoms with Crippen LogP contribution in [0.4, 0.5) is 0 Å². The molecule has 0 saturated heterocycles. The SMILES string of the molecule is COc1ccc(C(=O)NCC(O)C2CCCC2)cc1-c1ccccn1. The molecule has 0 bridgehead atoms. The Morgan fingerprint density at radius 3 is 2.80 bits per heavy atom. The molecular formula is C20H24N2O3. The second-order valence-corrected chi connectivity index (χ2v) is 6.45. The topological polar surface area (TPSA) is 71.5 Å². The Morgan fingerprint density at radius 2 is 2.12 bits per heavy atom. The summed E-state index contributed by atoms with van der Waals surface area (Å²) in [7, 11) is 1.60. The van der Waals surface area contributed by atoms with Crippen LogP contribution in [0, 0.1) is 5.92 Å². The molecule has 1 atom stereocenters. The van der Waals surface area contributed by atoms with E-state index in [9.17, 15) is 9.90 Å². The van der Waals surface area contributed by atoms with E-state index in [4.69, 9.17) is 4.74 Å². The minimum Gasteiger partial charge on any atom is -0.496 e. The molecule has 1 aliphatic carbocycles. The van der Waals surface area contributed by atoms with E-state index in [0.717, 1.165) is 24.1 Å². The number of ether oxygens (including phenoxy) is 1. The monoisotopic (exact) mass is 340 g/mol. The number of hydrogen-bond donors (Lipinski definition) is 2. The quantitative estimate of drug-likeness (QED) is 0.848.